The van der Waals surface area contributed by atoms with Gasteiger partial charge in [0.25, 0.3) is 5.56 Å². The third-order valence-corrected chi connectivity index (χ3v) is 5.07. The topological polar surface area (TPSA) is 98.5 Å². The lowest BCUT2D eigenvalue weighted by atomic mass is 9.98. The Morgan fingerprint density at radius 2 is 1.80 bits per heavy atom. The summed E-state index contributed by atoms with van der Waals surface area (Å²) < 4.78 is 3.40. The smallest absolute Gasteiger partial charge is 0.267 e. The Hall–Kier alpha value is -3.81. The zero-order valence-corrected chi connectivity index (χ0v) is 16.7. The summed E-state index contributed by atoms with van der Waals surface area (Å²) in [6.45, 7) is 3.12. The first-order chi connectivity index (χ1) is 14.7. The van der Waals surface area contributed by atoms with E-state index in [0.29, 0.717) is 24.6 Å². The Morgan fingerprint density at radius 3 is 2.47 bits per heavy atom. The normalized spacial score (nSPS) is 11.0. The van der Waals surface area contributed by atoms with Gasteiger partial charge in [-0.25, -0.2) is 4.68 Å². The third kappa shape index (κ3) is 3.84. The first-order valence-corrected chi connectivity index (χ1v) is 9.89. The summed E-state index contributed by atoms with van der Waals surface area (Å²) in [6, 6.07) is 17.3. The second-order valence-corrected chi connectivity index (χ2v) is 7.04. The van der Waals surface area contributed by atoms with Gasteiger partial charge in [-0.05, 0) is 28.3 Å². The van der Waals surface area contributed by atoms with Crippen LogP contribution >= 0.6 is 0 Å². The van der Waals surface area contributed by atoms with Gasteiger partial charge >= 0.3 is 0 Å². The molecule has 2 aromatic heterocycles. The molecule has 0 saturated carbocycles. The number of H-pyrrole nitrogens is 1. The number of carbonyl (C=O) groups excluding carboxylic acids is 1. The first kappa shape index (κ1) is 19.5. The molecule has 152 valence electrons. The Bertz CT molecular complexity index is 1190. The minimum Gasteiger partial charge on any atom is -0.296 e. The van der Waals surface area contributed by atoms with Crippen LogP contribution in [-0.2, 0) is 13.1 Å². The standard InChI is InChI=1S/C22H22N6O2/c1-2-3-12-27-21(30)13-18(15-29)28(27)14-16-8-10-17(11-9-16)19-6-4-5-7-20(19)22-23-25-26-24-22/h4-11,13,15H,2-3,12,14H2,1H3,(H,23,24,25,26). The van der Waals surface area contributed by atoms with Gasteiger partial charge in [0.15, 0.2) is 6.29 Å². The van der Waals surface area contributed by atoms with Crippen LogP contribution in [0.25, 0.3) is 22.5 Å². The summed E-state index contributed by atoms with van der Waals surface area (Å²) in [4.78, 5) is 23.7. The number of hydrogen-bond acceptors (Lipinski definition) is 5. The third-order valence-electron chi connectivity index (χ3n) is 5.07. The van der Waals surface area contributed by atoms with E-state index in [-0.39, 0.29) is 5.56 Å². The molecule has 0 radical (unpaired) electrons. The summed E-state index contributed by atoms with van der Waals surface area (Å²) in [7, 11) is 0. The highest BCUT2D eigenvalue weighted by Gasteiger charge is 2.13. The average Bonchev–Trinajstić information content (AvgIpc) is 3.41. The first-order valence-electron chi connectivity index (χ1n) is 9.89. The van der Waals surface area contributed by atoms with Crippen molar-refractivity contribution in [1.29, 1.82) is 0 Å². The highest BCUT2D eigenvalue weighted by atomic mass is 16.1. The molecule has 0 aliphatic carbocycles. The van der Waals surface area contributed by atoms with Gasteiger partial charge < -0.3 is 0 Å². The van der Waals surface area contributed by atoms with E-state index in [0.717, 1.165) is 41.4 Å². The maximum absolute atomic E-state index is 12.3. The van der Waals surface area contributed by atoms with Crippen LogP contribution in [0.2, 0.25) is 0 Å². The molecule has 0 saturated heterocycles. The van der Waals surface area contributed by atoms with Crippen molar-refractivity contribution in [3.8, 4) is 22.5 Å². The molecule has 0 bridgehead atoms. The number of benzene rings is 2. The number of hydrogen-bond donors (Lipinski definition) is 1. The van der Waals surface area contributed by atoms with Crippen molar-refractivity contribution in [3.05, 3.63) is 76.2 Å². The van der Waals surface area contributed by atoms with Crippen molar-refractivity contribution in [2.24, 2.45) is 0 Å². The molecular formula is C22H22N6O2. The summed E-state index contributed by atoms with van der Waals surface area (Å²) in [5, 5.41) is 14.3. The fourth-order valence-corrected chi connectivity index (χ4v) is 3.51. The molecule has 0 aliphatic rings. The number of nitrogens with zero attached hydrogens (tertiary/aromatic N) is 5. The molecule has 0 unspecified atom stereocenters. The number of carbonyl (C=O) groups is 1. The van der Waals surface area contributed by atoms with Crippen LogP contribution in [0.5, 0.6) is 0 Å². The Morgan fingerprint density at radius 1 is 1.03 bits per heavy atom. The molecular weight excluding hydrogens is 380 g/mol. The van der Waals surface area contributed by atoms with E-state index in [4.69, 9.17) is 0 Å². The molecule has 8 heteroatoms. The van der Waals surface area contributed by atoms with Gasteiger partial charge in [-0.15, -0.1) is 10.2 Å². The summed E-state index contributed by atoms with van der Waals surface area (Å²) >= 11 is 0. The lowest BCUT2D eigenvalue weighted by molar-refractivity contribution is 0.111. The monoisotopic (exact) mass is 402 g/mol. The molecule has 0 fully saturated rings. The van der Waals surface area contributed by atoms with E-state index in [9.17, 15) is 9.59 Å². The summed E-state index contributed by atoms with van der Waals surface area (Å²) in [5.41, 5.74) is 4.16. The van der Waals surface area contributed by atoms with Gasteiger partial charge in [-0.2, -0.15) is 5.21 Å². The van der Waals surface area contributed by atoms with Crippen LogP contribution < -0.4 is 5.56 Å². The molecule has 4 rings (SSSR count). The van der Waals surface area contributed by atoms with Crippen molar-refractivity contribution >= 4 is 6.29 Å². The van der Waals surface area contributed by atoms with E-state index in [1.807, 2.05) is 48.5 Å². The Kier molecular flexibility index (Phi) is 5.65. The largest absolute Gasteiger partial charge is 0.296 e. The fraction of sp³-hybridized carbons (Fsp3) is 0.227. The molecule has 1 N–H and O–H groups in total. The molecule has 0 aliphatic heterocycles. The Balaban J connectivity index is 1.64. The molecule has 0 amide bonds. The van der Waals surface area contributed by atoms with Crippen LogP contribution in [0, 0.1) is 0 Å². The average molecular weight is 402 g/mol. The number of unbranched alkanes of at least 4 members (excludes halogenated alkanes) is 1. The quantitative estimate of drug-likeness (QED) is 0.457. The van der Waals surface area contributed by atoms with E-state index in [1.165, 1.54) is 6.07 Å². The van der Waals surface area contributed by atoms with Gasteiger partial charge in [0.1, 0.15) is 5.69 Å². The number of rotatable bonds is 8. The second-order valence-electron chi connectivity index (χ2n) is 7.04. The van der Waals surface area contributed by atoms with Crippen LogP contribution in [-0.4, -0.2) is 36.3 Å². The van der Waals surface area contributed by atoms with E-state index in [2.05, 4.69) is 27.5 Å². The number of aldehydes is 1. The van der Waals surface area contributed by atoms with Crippen molar-refractivity contribution < 1.29 is 4.79 Å². The van der Waals surface area contributed by atoms with Gasteiger partial charge in [0.05, 0.1) is 6.54 Å². The second kappa shape index (κ2) is 8.69. The number of nitrogens with one attached hydrogen (secondary N) is 1. The predicted octanol–water partition coefficient (Wildman–Crippen LogP) is 3.16. The van der Waals surface area contributed by atoms with Crippen molar-refractivity contribution in [2.75, 3.05) is 0 Å². The highest BCUT2D eigenvalue weighted by Crippen LogP contribution is 2.29. The highest BCUT2D eigenvalue weighted by molar-refractivity contribution is 5.80. The molecule has 2 aromatic carbocycles. The number of tetrazole rings is 1. The minimum atomic E-state index is -0.142. The zero-order valence-electron chi connectivity index (χ0n) is 16.7. The maximum atomic E-state index is 12.3. The van der Waals surface area contributed by atoms with E-state index < -0.39 is 0 Å². The minimum absolute atomic E-state index is 0.142. The van der Waals surface area contributed by atoms with Gasteiger partial charge in [0, 0.05) is 18.2 Å². The van der Waals surface area contributed by atoms with Crippen molar-refractivity contribution in [2.45, 2.75) is 32.9 Å². The fourth-order valence-electron chi connectivity index (χ4n) is 3.51. The molecule has 0 spiro atoms. The van der Waals surface area contributed by atoms with Crippen LogP contribution in [0.4, 0.5) is 0 Å². The van der Waals surface area contributed by atoms with Crippen LogP contribution in [0.15, 0.2) is 59.4 Å². The number of aromatic nitrogens is 6. The molecule has 2 heterocycles. The van der Waals surface area contributed by atoms with Crippen LogP contribution in [0.3, 0.4) is 0 Å². The molecule has 8 nitrogen and oxygen atoms in total. The van der Waals surface area contributed by atoms with Crippen molar-refractivity contribution in [3.63, 3.8) is 0 Å². The lowest BCUT2D eigenvalue weighted by Gasteiger charge is -2.14. The van der Waals surface area contributed by atoms with E-state index in [1.54, 1.807) is 9.36 Å². The molecule has 0 atom stereocenters. The van der Waals surface area contributed by atoms with Crippen molar-refractivity contribution in [1.82, 2.24) is 30.0 Å². The predicted molar refractivity (Wildman–Crippen MR) is 113 cm³/mol. The summed E-state index contributed by atoms with van der Waals surface area (Å²) in [5.74, 6) is 0.539. The van der Waals surface area contributed by atoms with Gasteiger partial charge in [0.2, 0.25) is 5.82 Å². The zero-order chi connectivity index (χ0) is 20.9. The van der Waals surface area contributed by atoms with Gasteiger partial charge in [-0.1, -0.05) is 61.9 Å². The van der Waals surface area contributed by atoms with E-state index >= 15 is 0 Å². The summed E-state index contributed by atoms with van der Waals surface area (Å²) in [6.07, 6.45) is 2.59. The van der Waals surface area contributed by atoms with Gasteiger partial charge in [-0.3, -0.25) is 14.3 Å². The SMILES string of the molecule is CCCCn1c(=O)cc(C=O)n1Cc1ccc(-c2ccccc2-c2nn[nH]n2)cc1. The number of aromatic amines is 1. The maximum Gasteiger partial charge on any atom is 0.267 e. The lowest BCUT2D eigenvalue weighted by Crippen LogP contribution is -2.24. The molecule has 30 heavy (non-hydrogen) atoms. The Labute approximate surface area is 173 Å². The molecule has 4 aromatic rings. The van der Waals surface area contributed by atoms with Crippen LogP contribution in [0.1, 0.15) is 35.8 Å².